The number of carbonyl (C=O) groups excluding carboxylic acids is 4. The Morgan fingerprint density at radius 3 is 2.40 bits per heavy atom. The largest absolute Gasteiger partial charge is 0.443 e. The number of aromatic nitrogens is 1. The molecule has 0 aliphatic carbocycles. The molecule has 2 atom stereocenters. The molecule has 11 heteroatoms. The van der Waals surface area contributed by atoms with E-state index in [-0.39, 0.29) is 36.8 Å². The summed E-state index contributed by atoms with van der Waals surface area (Å²) in [6.45, 7) is 4.91. The smallest absolute Gasteiger partial charge is 0.417 e. The lowest BCUT2D eigenvalue weighted by Crippen LogP contribution is -2.45. The van der Waals surface area contributed by atoms with Gasteiger partial charge in [-0.3, -0.25) is 19.4 Å². The number of rotatable bonds is 8. The lowest BCUT2D eigenvalue weighted by atomic mass is 9.85. The standard InChI is InChI=1S/C31H30F3N3O5/c1-31(2,3)42-30(41)37-25(8-9-27(37)39)26(38)15-19(11-17-12-20(32)16-21(33)13-17)28-22(5-4-10-36-28)18-6-7-24(34)23(14-18)29(35)40/h4-7,10,12-14,16,19,25H,8-9,11,15H2,1-3H3,(H2,35,40)/t19-,25+/m1/s1. The summed E-state index contributed by atoms with van der Waals surface area (Å²) >= 11 is 0. The maximum atomic E-state index is 14.2. The van der Waals surface area contributed by atoms with Crippen molar-refractivity contribution in [1.82, 2.24) is 9.88 Å². The second kappa shape index (κ2) is 12.1. The Morgan fingerprint density at radius 1 is 1.07 bits per heavy atom. The van der Waals surface area contributed by atoms with Crippen molar-refractivity contribution in [3.63, 3.8) is 0 Å². The SMILES string of the molecule is CC(C)(C)OC(=O)N1C(=O)CC[C@H]1C(=O)C[C@@H](Cc1cc(F)cc(F)c1)c1ncccc1-c1ccc(F)c(C(N)=O)c1. The van der Waals surface area contributed by atoms with Crippen LogP contribution in [0.3, 0.4) is 0 Å². The lowest BCUT2D eigenvalue weighted by Gasteiger charge is -2.28. The summed E-state index contributed by atoms with van der Waals surface area (Å²) in [4.78, 5) is 56.3. The Hall–Kier alpha value is -4.54. The topological polar surface area (TPSA) is 120 Å². The van der Waals surface area contributed by atoms with Crippen LogP contribution in [0.25, 0.3) is 11.1 Å². The Bertz CT molecular complexity index is 1530. The molecule has 1 fully saturated rings. The molecule has 42 heavy (non-hydrogen) atoms. The number of nitrogens with two attached hydrogens (primary N) is 1. The number of Topliss-reactive ketones (excluding diaryl/α,β-unsaturated/α-hetero) is 1. The van der Waals surface area contributed by atoms with Crippen LogP contribution in [0.5, 0.6) is 0 Å². The monoisotopic (exact) mass is 581 g/mol. The van der Waals surface area contributed by atoms with E-state index in [1.54, 1.807) is 32.9 Å². The molecule has 2 aromatic carbocycles. The molecular formula is C31H30F3N3O5. The molecular weight excluding hydrogens is 551 g/mol. The predicted molar refractivity (Wildman–Crippen MR) is 147 cm³/mol. The summed E-state index contributed by atoms with van der Waals surface area (Å²) in [6, 6.07) is 8.92. The van der Waals surface area contributed by atoms with Gasteiger partial charge in [0.2, 0.25) is 5.91 Å². The number of halogens is 3. The van der Waals surface area contributed by atoms with Gasteiger partial charge < -0.3 is 10.5 Å². The maximum Gasteiger partial charge on any atom is 0.417 e. The van der Waals surface area contributed by atoms with E-state index in [2.05, 4.69) is 4.98 Å². The molecule has 2 N–H and O–H groups in total. The van der Waals surface area contributed by atoms with Gasteiger partial charge in [0.05, 0.1) is 11.3 Å². The van der Waals surface area contributed by atoms with E-state index < -0.39 is 58.7 Å². The number of nitrogens with zero attached hydrogens (tertiary/aromatic N) is 2. The third-order valence-corrected chi connectivity index (χ3v) is 6.79. The molecule has 3 aromatic rings. The molecule has 0 radical (unpaired) electrons. The number of imide groups is 1. The summed E-state index contributed by atoms with van der Waals surface area (Å²) in [5, 5.41) is 0. The van der Waals surface area contributed by atoms with Crippen LogP contribution in [0.2, 0.25) is 0 Å². The summed E-state index contributed by atoms with van der Waals surface area (Å²) in [7, 11) is 0. The average molecular weight is 582 g/mol. The Kier molecular flexibility index (Phi) is 8.79. The quantitative estimate of drug-likeness (QED) is 0.377. The van der Waals surface area contributed by atoms with Crippen molar-refractivity contribution >= 4 is 23.7 Å². The van der Waals surface area contributed by atoms with Gasteiger partial charge in [0.15, 0.2) is 5.78 Å². The number of pyridine rings is 1. The van der Waals surface area contributed by atoms with Gasteiger partial charge in [-0.2, -0.15) is 0 Å². The highest BCUT2D eigenvalue weighted by atomic mass is 19.1. The second-order valence-electron chi connectivity index (χ2n) is 11.1. The predicted octanol–water partition coefficient (Wildman–Crippen LogP) is 5.48. The number of likely N-dealkylation sites (tertiary alicyclic amines) is 1. The van der Waals surface area contributed by atoms with Crippen molar-refractivity contribution in [3.8, 4) is 11.1 Å². The summed E-state index contributed by atoms with van der Waals surface area (Å²) < 4.78 is 47.8. The van der Waals surface area contributed by atoms with Crippen LogP contribution in [0.4, 0.5) is 18.0 Å². The van der Waals surface area contributed by atoms with Gasteiger partial charge in [0, 0.05) is 36.6 Å². The molecule has 0 unspecified atom stereocenters. The normalized spacial score (nSPS) is 15.9. The molecule has 0 saturated carbocycles. The van der Waals surface area contributed by atoms with E-state index in [0.717, 1.165) is 29.2 Å². The summed E-state index contributed by atoms with van der Waals surface area (Å²) in [6.07, 6.45) is 0.289. The van der Waals surface area contributed by atoms with Crippen molar-refractivity contribution in [2.24, 2.45) is 5.73 Å². The van der Waals surface area contributed by atoms with Gasteiger partial charge in [-0.15, -0.1) is 0 Å². The number of primary amides is 1. The first kappa shape index (κ1) is 30.4. The molecule has 1 aliphatic rings. The van der Waals surface area contributed by atoms with Crippen LogP contribution in [-0.2, 0) is 20.7 Å². The highest BCUT2D eigenvalue weighted by molar-refractivity contribution is 6.01. The highest BCUT2D eigenvalue weighted by Crippen LogP contribution is 2.35. The van der Waals surface area contributed by atoms with E-state index in [4.69, 9.17) is 10.5 Å². The zero-order valence-corrected chi connectivity index (χ0v) is 23.3. The lowest BCUT2D eigenvalue weighted by molar-refractivity contribution is -0.133. The number of ether oxygens (including phenoxy) is 1. The van der Waals surface area contributed by atoms with Gasteiger partial charge in [-0.25, -0.2) is 22.9 Å². The first-order chi connectivity index (χ1) is 19.7. The number of carbonyl (C=O) groups is 4. The number of hydrogen-bond acceptors (Lipinski definition) is 6. The molecule has 8 nitrogen and oxygen atoms in total. The van der Waals surface area contributed by atoms with E-state index in [0.29, 0.717) is 16.8 Å². The first-order valence-electron chi connectivity index (χ1n) is 13.3. The average Bonchev–Trinajstić information content (AvgIpc) is 3.28. The maximum absolute atomic E-state index is 14.2. The minimum atomic E-state index is -1.10. The van der Waals surface area contributed by atoms with Crippen LogP contribution in [0, 0.1) is 17.5 Å². The van der Waals surface area contributed by atoms with Gasteiger partial charge >= 0.3 is 6.09 Å². The second-order valence-corrected chi connectivity index (χ2v) is 11.1. The summed E-state index contributed by atoms with van der Waals surface area (Å²) in [5.41, 5.74) is 5.46. The molecule has 0 bridgehead atoms. The summed E-state index contributed by atoms with van der Waals surface area (Å²) in [5.74, 6) is -5.22. The Labute approximate surface area is 240 Å². The van der Waals surface area contributed by atoms with E-state index in [1.165, 1.54) is 18.3 Å². The molecule has 0 spiro atoms. The van der Waals surface area contributed by atoms with Gasteiger partial charge in [-0.1, -0.05) is 12.1 Å². The van der Waals surface area contributed by atoms with E-state index in [9.17, 15) is 32.3 Å². The van der Waals surface area contributed by atoms with Gasteiger partial charge in [0.1, 0.15) is 29.1 Å². The fourth-order valence-electron chi connectivity index (χ4n) is 5.06. The van der Waals surface area contributed by atoms with E-state index >= 15 is 0 Å². The number of amides is 3. The fourth-order valence-corrected chi connectivity index (χ4v) is 5.06. The van der Waals surface area contributed by atoms with Crippen molar-refractivity contribution in [3.05, 3.63) is 89.0 Å². The van der Waals surface area contributed by atoms with Crippen LogP contribution in [0.15, 0.2) is 54.7 Å². The molecule has 1 saturated heterocycles. The fraction of sp³-hybridized carbons (Fsp3) is 0.323. The molecule has 3 amide bonds. The molecule has 1 aromatic heterocycles. The van der Waals surface area contributed by atoms with Crippen LogP contribution in [0.1, 0.15) is 67.6 Å². The van der Waals surface area contributed by atoms with Gasteiger partial charge in [-0.05, 0) is 75.1 Å². The van der Waals surface area contributed by atoms with Crippen LogP contribution >= 0.6 is 0 Å². The van der Waals surface area contributed by atoms with E-state index in [1.807, 2.05) is 0 Å². The minimum Gasteiger partial charge on any atom is -0.443 e. The minimum absolute atomic E-state index is 0.0320. The van der Waals surface area contributed by atoms with Crippen molar-refractivity contribution in [1.29, 1.82) is 0 Å². The Balaban J connectivity index is 1.75. The third kappa shape index (κ3) is 7.02. The number of ketones is 1. The van der Waals surface area contributed by atoms with Crippen LogP contribution < -0.4 is 5.73 Å². The van der Waals surface area contributed by atoms with Crippen molar-refractivity contribution < 1.29 is 37.1 Å². The van der Waals surface area contributed by atoms with Crippen LogP contribution in [-0.4, -0.2) is 45.2 Å². The first-order valence-corrected chi connectivity index (χ1v) is 13.3. The molecule has 2 heterocycles. The van der Waals surface area contributed by atoms with Crippen molar-refractivity contribution in [2.45, 2.75) is 64.0 Å². The number of benzene rings is 2. The third-order valence-electron chi connectivity index (χ3n) is 6.79. The number of hydrogen-bond donors (Lipinski definition) is 1. The van der Waals surface area contributed by atoms with Crippen molar-refractivity contribution in [2.75, 3.05) is 0 Å². The molecule has 4 rings (SSSR count). The highest BCUT2D eigenvalue weighted by Gasteiger charge is 2.43. The zero-order chi connectivity index (χ0) is 30.8. The van der Waals surface area contributed by atoms with Gasteiger partial charge in [0.25, 0.3) is 5.91 Å². The zero-order valence-electron chi connectivity index (χ0n) is 23.3. The Morgan fingerprint density at radius 2 is 1.76 bits per heavy atom. The molecule has 1 aliphatic heterocycles. The molecule has 220 valence electrons.